The molecule has 6 nitrogen and oxygen atoms in total. The molecule has 8 heteroatoms. The van der Waals surface area contributed by atoms with E-state index in [1.165, 1.54) is 0 Å². The maximum absolute atomic E-state index is 12.3. The van der Waals surface area contributed by atoms with Crippen LogP contribution < -0.4 is 10.2 Å². The van der Waals surface area contributed by atoms with Gasteiger partial charge in [-0.3, -0.25) is 9.59 Å². The minimum atomic E-state index is -3.03. The Bertz CT molecular complexity index is 750. The van der Waals surface area contributed by atoms with E-state index in [9.17, 15) is 18.0 Å². The molecule has 0 spiro atoms. The van der Waals surface area contributed by atoms with Gasteiger partial charge in [-0.1, -0.05) is 22.0 Å². The number of rotatable bonds is 3. The van der Waals surface area contributed by atoms with E-state index >= 15 is 0 Å². The lowest BCUT2D eigenvalue weighted by Crippen LogP contribution is -2.40. The van der Waals surface area contributed by atoms with Gasteiger partial charge in [-0.25, -0.2) is 8.42 Å². The minimum Gasteiger partial charge on any atom is -0.352 e. The number of nitrogens with one attached hydrogen (secondary N) is 1. The number of benzene rings is 1. The Labute approximate surface area is 143 Å². The zero-order valence-corrected chi connectivity index (χ0v) is 14.8. The van der Waals surface area contributed by atoms with Crippen molar-refractivity contribution in [2.45, 2.75) is 18.9 Å². The lowest BCUT2D eigenvalue weighted by atomic mass is 10.1. The summed E-state index contributed by atoms with van der Waals surface area (Å²) in [6.45, 7) is 0.320. The summed E-state index contributed by atoms with van der Waals surface area (Å²) in [7, 11) is -3.03. The fourth-order valence-electron chi connectivity index (χ4n) is 3.00. The van der Waals surface area contributed by atoms with Crippen LogP contribution in [0, 0.1) is 5.92 Å². The highest BCUT2D eigenvalue weighted by atomic mass is 79.9. The molecule has 0 aromatic heterocycles. The average Bonchev–Trinajstić information content (AvgIpc) is 3.01. The first-order valence-electron chi connectivity index (χ1n) is 7.41. The fraction of sp³-hybridized carbons (Fsp3) is 0.467. The van der Waals surface area contributed by atoms with E-state index in [-0.39, 0.29) is 35.8 Å². The zero-order chi connectivity index (χ0) is 16.6. The van der Waals surface area contributed by atoms with Crippen LogP contribution in [0.1, 0.15) is 12.8 Å². The fourth-order valence-corrected chi connectivity index (χ4v) is 5.07. The lowest BCUT2D eigenvalue weighted by Gasteiger charge is -2.18. The minimum absolute atomic E-state index is 0.00521. The quantitative estimate of drug-likeness (QED) is 0.823. The maximum Gasteiger partial charge on any atom is 0.227 e. The van der Waals surface area contributed by atoms with Gasteiger partial charge in [-0.05, 0) is 24.6 Å². The summed E-state index contributed by atoms with van der Waals surface area (Å²) in [4.78, 5) is 26.1. The van der Waals surface area contributed by atoms with Crippen LogP contribution in [0.3, 0.4) is 0 Å². The number of halogens is 1. The topological polar surface area (TPSA) is 83.5 Å². The molecule has 2 atom stereocenters. The van der Waals surface area contributed by atoms with Crippen molar-refractivity contribution in [3.05, 3.63) is 28.7 Å². The predicted molar refractivity (Wildman–Crippen MR) is 89.8 cm³/mol. The summed E-state index contributed by atoms with van der Waals surface area (Å²) in [5.41, 5.74) is 0.753. The van der Waals surface area contributed by atoms with Crippen molar-refractivity contribution in [1.82, 2.24) is 5.32 Å². The number of amides is 2. The molecule has 2 amide bonds. The van der Waals surface area contributed by atoms with Gasteiger partial charge >= 0.3 is 0 Å². The van der Waals surface area contributed by atoms with Crippen molar-refractivity contribution in [3.8, 4) is 0 Å². The van der Waals surface area contributed by atoms with Gasteiger partial charge in [0.05, 0.1) is 17.4 Å². The molecule has 1 aromatic rings. The molecule has 2 aliphatic heterocycles. The third-order valence-electron chi connectivity index (χ3n) is 4.19. The maximum atomic E-state index is 12.3. The van der Waals surface area contributed by atoms with E-state index in [0.29, 0.717) is 13.0 Å². The number of sulfone groups is 1. The molecule has 1 N–H and O–H groups in total. The summed E-state index contributed by atoms with van der Waals surface area (Å²) >= 11 is 3.37. The van der Waals surface area contributed by atoms with Crippen molar-refractivity contribution in [2.24, 2.45) is 5.92 Å². The summed E-state index contributed by atoms with van der Waals surface area (Å²) in [6, 6.07) is 7.04. The van der Waals surface area contributed by atoms with E-state index in [1.807, 2.05) is 24.3 Å². The highest BCUT2D eigenvalue weighted by molar-refractivity contribution is 9.10. The molecule has 1 aromatic carbocycles. The van der Waals surface area contributed by atoms with Crippen LogP contribution in [0.15, 0.2) is 28.7 Å². The number of hydrogen-bond acceptors (Lipinski definition) is 4. The molecule has 0 aliphatic carbocycles. The highest BCUT2D eigenvalue weighted by Crippen LogP contribution is 2.27. The van der Waals surface area contributed by atoms with Gasteiger partial charge in [-0.15, -0.1) is 0 Å². The Morgan fingerprint density at radius 3 is 2.78 bits per heavy atom. The van der Waals surface area contributed by atoms with E-state index in [2.05, 4.69) is 21.2 Å². The van der Waals surface area contributed by atoms with Gasteiger partial charge in [0.25, 0.3) is 0 Å². The Morgan fingerprint density at radius 1 is 1.35 bits per heavy atom. The molecule has 0 saturated carbocycles. The van der Waals surface area contributed by atoms with E-state index in [1.54, 1.807) is 4.90 Å². The highest BCUT2D eigenvalue weighted by Gasteiger charge is 2.37. The molecule has 3 rings (SSSR count). The van der Waals surface area contributed by atoms with Crippen LogP contribution in [0.5, 0.6) is 0 Å². The van der Waals surface area contributed by atoms with Gasteiger partial charge in [0.15, 0.2) is 9.84 Å². The number of anilines is 1. The predicted octanol–water partition coefficient (Wildman–Crippen LogP) is 1.11. The summed E-state index contributed by atoms with van der Waals surface area (Å²) in [5, 5.41) is 2.77. The Morgan fingerprint density at radius 2 is 2.13 bits per heavy atom. The second-order valence-electron chi connectivity index (χ2n) is 5.99. The van der Waals surface area contributed by atoms with Crippen molar-refractivity contribution < 1.29 is 18.0 Å². The number of carbonyl (C=O) groups is 2. The van der Waals surface area contributed by atoms with Crippen molar-refractivity contribution in [3.63, 3.8) is 0 Å². The molecule has 124 valence electrons. The third-order valence-corrected chi connectivity index (χ3v) is 6.46. The number of hydrogen-bond donors (Lipinski definition) is 1. The van der Waals surface area contributed by atoms with Crippen LogP contribution in [0.2, 0.25) is 0 Å². The van der Waals surface area contributed by atoms with Crippen LogP contribution >= 0.6 is 15.9 Å². The SMILES string of the molecule is O=C(N[C@@H]1CCS(=O)(=O)C1)[C@@H]1CC(=O)N(c2cccc(Br)c2)C1. The molecule has 23 heavy (non-hydrogen) atoms. The smallest absolute Gasteiger partial charge is 0.227 e. The van der Waals surface area contributed by atoms with Gasteiger partial charge < -0.3 is 10.2 Å². The monoisotopic (exact) mass is 400 g/mol. The molecule has 2 heterocycles. The van der Waals surface area contributed by atoms with Crippen LogP contribution in [-0.4, -0.2) is 44.3 Å². The molecule has 0 unspecified atom stereocenters. The largest absolute Gasteiger partial charge is 0.352 e. The van der Waals surface area contributed by atoms with Crippen molar-refractivity contribution in [1.29, 1.82) is 0 Å². The molecule has 0 bridgehead atoms. The second kappa shape index (κ2) is 6.24. The first kappa shape index (κ1) is 16.4. The first-order valence-corrected chi connectivity index (χ1v) is 10.0. The zero-order valence-electron chi connectivity index (χ0n) is 12.4. The first-order chi connectivity index (χ1) is 10.8. The molecule has 0 radical (unpaired) electrons. The van der Waals surface area contributed by atoms with E-state index < -0.39 is 15.8 Å². The third kappa shape index (κ3) is 3.74. The summed E-state index contributed by atoms with van der Waals surface area (Å²) in [5.74, 6) is -0.662. The Kier molecular flexibility index (Phi) is 4.46. The van der Waals surface area contributed by atoms with Gasteiger partial charge in [0.1, 0.15) is 0 Å². The van der Waals surface area contributed by atoms with Crippen LogP contribution in [0.25, 0.3) is 0 Å². The second-order valence-corrected chi connectivity index (χ2v) is 9.14. The van der Waals surface area contributed by atoms with Gasteiger partial charge in [0, 0.05) is 29.2 Å². The molecular weight excluding hydrogens is 384 g/mol. The number of nitrogens with zero attached hydrogens (tertiary/aromatic N) is 1. The molecule has 2 fully saturated rings. The summed E-state index contributed by atoms with van der Waals surface area (Å²) < 4.78 is 23.8. The lowest BCUT2D eigenvalue weighted by molar-refractivity contribution is -0.126. The van der Waals surface area contributed by atoms with Crippen molar-refractivity contribution >= 4 is 43.3 Å². The standard InChI is InChI=1S/C15H17BrN2O4S/c16-11-2-1-3-13(7-11)18-8-10(6-14(18)19)15(20)17-12-4-5-23(21,22)9-12/h1-3,7,10,12H,4-6,8-9H2,(H,17,20)/t10-,12-/m1/s1. The Balaban J connectivity index is 1.64. The van der Waals surface area contributed by atoms with Crippen molar-refractivity contribution in [2.75, 3.05) is 23.0 Å². The molecular formula is C15H17BrN2O4S. The van der Waals surface area contributed by atoms with E-state index in [0.717, 1.165) is 10.2 Å². The average molecular weight is 401 g/mol. The summed E-state index contributed by atoms with van der Waals surface area (Å²) in [6.07, 6.45) is 0.599. The van der Waals surface area contributed by atoms with Gasteiger partial charge in [-0.2, -0.15) is 0 Å². The number of carbonyl (C=O) groups excluding carboxylic acids is 2. The molecule has 2 aliphatic rings. The van der Waals surface area contributed by atoms with Crippen LogP contribution in [-0.2, 0) is 19.4 Å². The van der Waals surface area contributed by atoms with Crippen LogP contribution in [0.4, 0.5) is 5.69 Å². The van der Waals surface area contributed by atoms with Gasteiger partial charge in [0.2, 0.25) is 11.8 Å². The normalized spacial score (nSPS) is 26.5. The molecule has 2 saturated heterocycles. The Hall–Kier alpha value is -1.41. The van der Waals surface area contributed by atoms with E-state index in [4.69, 9.17) is 0 Å².